The predicted octanol–water partition coefficient (Wildman–Crippen LogP) is 5.96. The van der Waals surface area contributed by atoms with Gasteiger partial charge in [0.05, 0.1) is 11.2 Å². The molecule has 0 amide bonds. The summed E-state index contributed by atoms with van der Waals surface area (Å²) in [5, 5.41) is 0.842. The van der Waals surface area contributed by atoms with Crippen LogP contribution in [0.5, 0.6) is 0 Å². The molecule has 136 valence electrons. The van der Waals surface area contributed by atoms with Crippen LogP contribution in [0.1, 0.15) is 86.1 Å². The van der Waals surface area contributed by atoms with Crippen LogP contribution in [-0.4, -0.2) is 18.3 Å². The van der Waals surface area contributed by atoms with Crippen molar-refractivity contribution in [3.05, 3.63) is 28.8 Å². The Hall–Kier alpha value is -0.505. The lowest BCUT2D eigenvalue weighted by atomic mass is 9.78. The van der Waals surface area contributed by atoms with Crippen LogP contribution in [0.15, 0.2) is 18.2 Å². The summed E-state index contributed by atoms with van der Waals surface area (Å²) in [4.78, 5) is 0. The zero-order valence-electron chi connectivity index (χ0n) is 16.7. The first-order chi connectivity index (χ1) is 11.2. The predicted molar refractivity (Wildman–Crippen MR) is 106 cm³/mol. The highest BCUT2D eigenvalue weighted by molar-refractivity contribution is 6.62. The fourth-order valence-electron chi connectivity index (χ4n) is 2.39. The average molecular weight is 353 g/mol. The molecule has 3 rings (SSSR count). The van der Waals surface area contributed by atoms with E-state index in [1.165, 1.54) is 24.8 Å². The van der Waals surface area contributed by atoms with Crippen LogP contribution in [-0.2, 0) is 9.31 Å². The van der Waals surface area contributed by atoms with Crippen LogP contribution in [0.25, 0.3) is 0 Å². The monoisotopic (exact) mass is 352 g/mol. The van der Waals surface area contributed by atoms with Gasteiger partial charge in [0.15, 0.2) is 0 Å². The van der Waals surface area contributed by atoms with E-state index in [0.29, 0.717) is 5.92 Å². The highest BCUT2D eigenvalue weighted by Crippen LogP contribution is 2.43. The maximum absolute atomic E-state index is 6.37. The number of hydrogen-bond donors (Lipinski definition) is 0. The van der Waals surface area contributed by atoms with E-state index >= 15 is 0 Å². The second-order valence-electron chi connectivity index (χ2n) is 7.35. The van der Waals surface area contributed by atoms with Crippen molar-refractivity contribution in [3.8, 4) is 0 Å². The summed E-state index contributed by atoms with van der Waals surface area (Å²) < 4.78 is 12.1. The van der Waals surface area contributed by atoms with E-state index in [1.54, 1.807) is 0 Å². The number of benzene rings is 1. The van der Waals surface area contributed by atoms with Gasteiger partial charge in [-0.1, -0.05) is 57.8 Å². The van der Waals surface area contributed by atoms with E-state index in [1.807, 2.05) is 19.9 Å². The summed E-state index contributed by atoms with van der Waals surface area (Å²) >= 11 is 6.37. The largest absolute Gasteiger partial charge is 0.494 e. The van der Waals surface area contributed by atoms with Gasteiger partial charge in [-0.3, -0.25) is 0 Å². The molecule has 1 saturated heterocycles. The molecule has 1 aliphatic heterocycles. The second-order valence-corrected chi connectivity index (χ2v) is 7.76. The minimum absolute atomic E-state index is 0.306. The lowest BCUT2D eigenvalue weighted by Crippen LogP contribution is -2.41. The Balaban J connectivity index is 0.000000521. The first-order valence-corrected chi connectivity index (χ1v) is 9.74. The van der Waals surface area contributed by atoms with E-state index in [9.17, 15) is 0 Å². The van der Waals surface area contributed by atoms with Crippen LogP contribution < -0.4 is 5.46 Å². The van der Waals surface area contributed by atoms with Crippen molar-refractivity contribution in [1.29, 1.82) is 0 Å². The standard InChI is InChI=1S/C15H20BClO2.C3H8.C2H6/c1-14(2)15(3,4)19-16(18-14)11-7-8-12(10-5-6-10)13(17)9-11;1-3-2;1-2/h7-10H,5-6H2,1-4H3;3H2,1-2H3;1-2H3. The van der Waals surface area contributed by atoms with Gasteiger partial charge in [-0.25, -0.2) is 0 Å². The quantitative estimate of drug-likeness (QED) is 0.611. The van der Waals surface area contributed by atoms with Crippen LogP contribution in [0, 0.1) is 0 Å². The smallest absolute Gasteiger partial charge is 0.399 e. The third kappa shape index (κ3) is 5.00. The molecule has 0 spiro atoms. The molecule has 2 aliphatic rings. The normalized spacial score (nSPS) is 20.6. The van der Waals surface area contributed by atoms with Crippen LogP contribution in [0.3, 0.4) is 0 Å². The van der Waals surface area contributed by atoms with Gasteiger partial charge >= 0.3 is 7.12 Å². The van der Waals surface area contributed by atoms with Crippen molar-refractivity contribution in [2.75, 3.05) is 0 Å². The van der Waals surface area contributed by atoms with Crippen LogP contribution in [0.4, 0.5) is 0 Å². The molecule has 0 unspecified atom stereocenters. The van der Waals surface area contributed by atoms with Gasteiger partial charge in [-0.15, -0.1) is 0 Å². The summed E-state index contributed by atoms with van der Waals surface area (Å²) in [5.74, 6) is 0.667. The maximum Gasteiger partial charge on any atom is 0.494 e. The van der Waals surface area contributed by atoms with E-state index < -0.39 is 0 Å². The third-order valence-electron chi connectivity index (χ3n) is 4.57. The van der Waals surface area contributed by atoms with Crippen molar-refractivity contribution < 1.29 is 9.31 Å². The molecular formula is C20H34BClO2. The fraction of sp³-hybridized carbons (Fsp3) is 0.700. The lowest BCUT2D eigenvalue weighted by molar-refractivity contribution is 0.00578. The Kier molecular flexibility index (Phi) is 7.84. The summed E-state index contributed by atoms with van der Waals surface area (Å²) in [6, 6.07) is 6.21. The van der Waals surface area contributed by atoms with Crippen molar-refractivity contribution in [1.82, 2.24) is 0 Å². The van der Waals surface area contributed by atoms with Crippen LogP contribution in [0.2, 0.25) is 5.02 Å². The first kappa shape index (κ1) is 21.5. The average Bonchev–Trinajstić information content (AvgIpc) is 3.30. The lowest BCUT2D eigenvalue weighted by Gasteiger charge is -2.32. The van der Waals surface area contributed by atoms with Gasteiger partial charge in [0.2, 0.25) is 0 Å². The highest BCUT2D eigenvalue weighted by Gasteiger charge is 2.51. The molecule has 0 radical (unpaired) electrons. The number of rotatable bonds is 2. The minimum Gasteiger partial charge on any atom is -0.399 e. The molecule has 2 nitrogen and oxygen atoms in total. The molecule has 2 fully saturated rings. The first-order valence-electron chi connectivity index (χ1n) is 9.36. The summed E-state index contributed by atoms with van der Waals surface area (Å²) in [5.41, 5.74) is 1.66. The zero-order chi connectivity index (χ0) is 18.5. The Bertz CT molecular complexity index is 508. The summed E-state index contributed by atoms with van der Waals surface area (Å²) in [7, 11) is -0.323. The molecular weight excluding hydrogens is 318 g/mol. The summed E-state index contributed by atoms with van der Waals surface area (Å²) in [6.07, 6.45) is 3.77. The highest BCUT2D eigenvalue weighted by atomic mass is 35.5. The summed E-state index contributed by atoms with van der Waals surface area (Å²) in [6.45, 7) is 16.5. The van der Waals surface area contributed by atoms with Gasteiger partial charge < -0.3 is 9.31 Å². The Morgan fingerprint density at radius 3 is 1.88 bits per heavy atom. The molecule has 1 heterocycles. The SMILES string of the molecule is CC.CC1(C)OB(c2ccc(C3CC3)c(Cl)c2)OC1(C)C.CCC. The van der Waals surface area contributed by atoms with E-state index in [2.05, 4.69) is 53.7 Å². The Morgan fingerprint density at radius 1 is 1.04 bits per heavy atom. The maximum atomic E-state index is 6.37. The van der Waals surface area contributed by atoms with E-state index in [0.717, 1.165) is 10.5 Å². The topological polar surface area (TPSA) is 18.5 Å². The zero-order valence-corrected chi connectivity index (χ0v) is 17.5. The molecule has 0 bridgehead atoms. The van der Waals surface area contributed by atoms with Crippen LogP contribution >= 0.6 is 11.6 Å². The van der Waals surface area contributed by atoms with E-state index in [4.69, 9.17) is 20.9 Å². The molecule has 4 heteroatoms. The number of hydrogen-bond acceptors (Lipinski definition) is 2. The fourth-order valence-corrected chi connectivity index (χ4v) is 2.74. The van der Waals surface area contributed by atoms with Crippen molar-refractivity contribution in [2.45, 2.75) is 91.8 Å². The minimum atomic E-state index is -0.323. The van der Waals surface area contributed by atoms with Crippen molar-refractivity contribution in [3.63, 3.8) is 0 Å². The van der Waals surface area contributed by atoms with Gasteiger partial charge in [-0.2, -0.15) is 0 Å². The molecule has 24 heavy (non-hydrogen) atoms. The molecule has 1 saturated carbocycles. The molecule has 1 aromatic rings. The van der Waals surface area contributed by atoms with E-state index in [-0.39, 0.29) is 18.3 Å². The molecule has 0 atom stereocenters. The van der Waals surface area contributed by atoms with Gasteiger partial charge in [0.1, 0.15) is 0 Å². The Morgan fingerprint density at radius 2 is 1.50 bits per heavy atom. The molecule has 1 aliphatic carbocycles. The Labute approximate surface area is 154 Å². The molecule has 0 aromatic heterocycles. The third-order valence-corrected chi connectivity index (χ3v) is 4.89. The van der Waals surface area contributed by atoms with Crippen molar-refractivity contribution in [2.24, 2.45) is 0 Å². The van der Waals surface area contributed by atoms with Gasteiger partial charge in [0, 0.05) is 5.02 Å². The van der Waals surface area contributed by atoms with Gasteiger partial charge in [0.25, 0.3) is 0 Å². The molecule has 1 aromatic carbocycles. The van der Waals surface area contributed by atoms with Crippen molar-refractivity contribution >= 4 is 24.2 Å². The molecule has 0 N–H and O–H groups in total. The number of halogens is 1. The second kappa shape index (κ2) is 8.73. The van der Waals surface area contributed by atoms with Gasteiger partial charge in [-0.05, 0) is 63.5 Å².